The highest BCUT2D eigenvalue weighted by molar-refractivity contribution is 7.80. The van der Waals surface area contributed by atoms with Gasteiger partial charge in [-0.3, -0.25) is 10.1 Å². The topological polar surface area (TPSA) is 67.4 Å². The highest BCUT2D eigenvalue weighted by Crippen LogP contribution is 2.14. The smallest absolute Gasteiger partial charge is 0.337 e. The van der Waals surface area contributed by atoms with E-state index >= 15 is 0 Å². The van der Waals surface area contributed by atoms with Gasteiger partial charge in [-0.25, -0.2) is 4.79 Å². The van der Waals surface area contributed by atoms with Gasteiger partial charge in [0.1, 0.15) is 0 Å². The number of ether oxygens (including phenoxy) is 1. The standard InChI is InChI=1S/C16H13ClN2O3S/c1-22-15(21)11-7-5-10(6-8-11)14(20)19-16(23)18-13-4-2-3-12(17)9-13/h2-9H,1H3,(H2,18,19,20,23). The minimum Gasteiger partial charge on any atom is -0.465 e. The van der Waals surface area contributed by atoms with Crippen molar-refractivity contribution in [3.63, 3.8) is 0 Å². The van der Waals surface area contributed by atoms with E-state index in [4.69, 9.17) is 23.8 Å². The lowest BCUT2D eigenvalue weighted by Gasteiger charge is -2.10. The molecule has 0 atom stereocenters. The Balaban J connectivity index is 1.98. The van der Waals surface area contributed by atoms with Crippen molar-refractivity contribution in [2.75, 3.05) is 12.4 Å². The molecule has 0 aliphatic carbocycles. The fourth-order valence-electron chi connectivity index (χ4n) is 1.78. The Morgan fingerprint density at radius 2 is 1.74 bits per heavy atom. The van der Waals surface area contributed by atoms with Crippen LogP contribution in [-0.4, -0.2) is 24.1 Å². The van der Waals surface area contributed by atoms with E-state index < -0.39 is 5.97 Å². The van der Waals surface area contributed by atoms with E-state index in [0.29, 0.717) is 21.8 Å². The fourth-order valence-corrected chi connectivity index (χ4v) is 2.18. The molecular weight excluding hydrogens is 336 g/mol. The molecule has 0 aliphatic rings. The number of thiocarbonyl (C=S) groups is 1. The first-order valence-corrected chi connectivity index (χ1v) is 7.34. The van der Waals surface area contributed by atoms with Crippen molar-refractivity contribution in [2.24, 2.45) is 0 Å². The summed E-state index contributed by atoms with van der Waals surface area (Å²) in [6.07, 6.45) is 0. The molecule has 5 nitrogen and oxygen atoms in total. The number of hydrogen-bond donors (Lipinski definition) is 2. The summed E-state index contributed by atoms with van der Waals surface area (Å²) in [5, 5.41) is 6.12. The highest BCUT2D eigenvalue weighted by Gasteiger charge is 2.10. The summed E-state index contributed by atoms with van der Waals surface area (Å²) in [5.41, 5.74) is 1.40. The number of rotatable bonds is 3. The summed E-state index contributed by atoms with van der Waals surface area (Å²) in [4.78, 5) is 23.4. The van der Waals surface area contributed by atoms with Gasteiger partial charge in [-0.1, -0.05) is 17.7 Å². The van der Waals surface area contributed by atoms with Crippen LogP contribution < -0.4 is 10.6 Å². The molecule has 0 bridgehead atoms. The molecule has 0 radical (unpaired) electrons. The molecule has 7 heteroatoms. The maximum atomic E-state index is 12.1. The lowest BCUT2D eigenvalue weighted by molar-refractivity contribution is 0.0600. The van der Waals surface area contributed by atoms with Gasteiger partial charge >= 0.3 is 5.97 Å². The molecule has 118 valence electrons. The van der Waals surface area contributed by atoms with E-state index in [9.17, 15) is 9.59 Å². The summed E-state index contributed by atoms with van der Waals surface area (Å²) in [6, 6.07) is 13.0. The monoisotopic (exact) mass is 348 g/mol. The molecule has 2 N–H and O–H groups in total. The number of hydrogen-bond acceptors (Lipinski definition) is 4. The van der Waals surface area contributed by atoms with E-state index in [1.807, 2.05) is 0 Å². The van der Waals surface area contributed by atoms with Gasteiger partial charge in [-0.05, 0) is 54.7 Å². The van der Waals surface area contributed by atoms with Crippen molar-refractivity contribution in [1.29, 1.82) is 0 Å². The van der Waals surface area contributed by atoms with E-state index in [-0.39, 0.29) is 11.0 Å². The maximum Gasteiger partial charge on any atom is 0.337 e. The van der Waals surface area contributed by atoms with Gasteiger partial charge in [0.05, 0.1) is 12.7 Å². The van der Waals surface area contributed by atoms with Crippen LogP contribution in [0.1, 0.15) is 20.7 Å². The van der Waals surface area contributed by atoms with Crippen LogP contribution in [0.3, 0.4) is 0 Å². The first-order chi connectivity index (χ1) is 11.0. The Kier molecular flexibility index (Phi) is 5.67. The number of anilines is 1. The molecule has 0 spiro atoms. The molecular formula is C16H13ClN2O3S. The van der Waals surface area contributed by atoms with Crippen molar-refractivity contribution < 1.29 is 14.3 Å². The van der Waals surface area contributed by atoms with Gasteiger partial charge in [-0.2, -0.15) is 0 Å². The van der Waals surface area contributed by atoms with Crippen molar-refractivity contribution >= 4 is 46.5 Å². The molecule has 2 aromatic rings. The number of methoxy groups -OCH3 is 1. The van der Waals surface area contributed by atoms with Crippen LogP contribution in [0.15, 0.2) is 48.5 Å². The van der Waals surface area contributed by atoms with E-state index in [1.54, 1.807) is 24.3 Å². The minimum atomic E-state index is -0.463. The predicted molar refractivity (Wildman–Crippen MR) is 92.9 cm³/mol. The number of carbonyl (C=O) groups is 2. The summed E-state index contributed by atoms with van der Waals surface area (Å²) < 4.78 is 4.60. The first-order valence-electron chi connectivity index (χ1n) is 6.56. The van der Waals surface area contributed by atoms with Crippen LogP contribution in [0, 0.1) is 0 Å². The fraction of sp³-hybridized carbons (Fsp3) is 0.0625. The van der Waals surface area contributed by atoms with Gasteiger partial charge in [-0.15, -0.1) is 0 Å². The third-order valence-corrected chi connectivity index (χ3v) is 3.32. The number of carbonyl (C=O) groups excluding carboxylic acids is 2. The predicted octanol–water partition coefficient (Wildman–Crippen LogP) is 3.25. The second-order valence-corrected chi connectivity index (χ2v) is 5.33. The van der Waals surface area contributed by atoms with E-state index in [2.05, 4.69) is 15.4 Å². The Morgan fingerprint density at radius 3 is 2.35 bits per heavy atom. The zero-order valence-electron chi connectivity index (χ0n) is 12.1. The zero-order valence-corrected chi connectivity index (χ0v) is 13.7. The van der Waals surface area contributed by atoms with Crippen LogP contribution in [0.4, 0.5) is 5.69 Å². The van der Waals surface area contributed by atoms with Crippen molar-refractivity contribution in [3.8, 4) is 0 Å². The number of benzene rings is 2. The Morgan fingerprint density at radius 1 is 1.09 bits per heavy atom. The zero-order chi connectivity index (χ0) is 16.8. The molecule has 0 aromatic heterocycles. The summed E-state index contributed by atoms with van der Waals surface area (Å²) in [6.45, 7) is 0. The van der Waals surface area contributed by atoms with Gasteiger partial charge in [0.25, 0.3) is 5.91 Å². The molecule has 2 aromatic carbocycles. The number of esters is 1. The largest absolute Gasteiger partial charge is 0.465 e. The van der Waals surface area contributed by atoms with E-state index in [1.165, 1.54) is 31.4 Å². The molecule has 0 heterocycles. The molecule has 0 aliphatic heterocycles. The lowest BCUT2D eigenvalue weighted by Crippen LogP contribution is -2.34. The number of nitrogens with one attached hydrogen (secondary N) is 2. The van der Waals surface area contributed by atoms with Gasteiger partial charge in [0.2, 0.25) is 0 Å². The molecule has 0 saturated carbocycles. The average molecular weight is 349 g/mol. The van der Waals surface area contributed by atoms with Crippen LogP contribution in [0.5, 0.6) is 0 Å². The average Bonchev–Trinajstić information content (AvgIpc) is 2.54. The first kappa shape index (κ1) is 16.9. The van der Waals surface area contributed by atoms with Crippen LogP contribution in [0.25, 0.3) is 0 Å². The highest BCUT2D eigenvalue weighted by atomic mass is 35.5. The molecule has 0 fully saturated rings. The number of amides is 1. The Hall–Kier alpha value is -2.44. The van der Waals surface area contributed by atoms with E-state index in [0.717, 1.165) is 0 Å². The number of halogens is 1. The summed E-state index contributed by atoms with van der Waals surface area (Å²) in [7, 11) is 1.29. The third kappa shape index (κ3) is 4.77. The van der Waals surface area contributed by atoms with Gasteiger partial charge in [0, 0.05) is 16.3 Å². The molecule has 0 unspecified atom stereocenters. The molecule has 2 rings (SSSR count). The van der Waals surface area contributed by atoms with Crippen LogP contribution in [-0.2, 0) is 4.74 Å². The van der Waals surface area contributed by atoms with Gasteiger partial charge < -0.3 is 10.1 Å². The molecule has 0 saturated heterocycles. The molecule has 1 amide bonds. The van der Waals surface area contributed by atoms with Crippen molar-refractivity contribution in [2.45, 2.75) is 0 Å². The van der Waals surface area contributed by atoms with Crippen molar-refractivity contribution in [1.82, 2.24) is 5.32 Å². The normalized spacial score (nSPS) is 9.83. The second-order valence-electron chi connectivity index (χ2n) is 4.49. The Labute approximate surface area is 143 Å². The van der Waals surface area contributed by atoms with Crippen LogP contribution >= 0.6 is 23.8 Å². The van der Waals surface area contributed by atoms with Crippen molar-refractivity contribution in [3.05, 3.63) is 64.7 Å². The quantitative estimate of drug-likeness (QED) is 0.658. The lowest BCUT2D eigenvalue weighted by atomic mass is 10.1. The van der Waals surface area contributed by atoms with Gasteiger partial charge in [0.15, 0.2) is 5.11 Å². The Bertz CT molecular complexity index is 747. The summed E-state index contributed by atoms with van der Waals surface area (Å²) >= 11 is 11.0. The van der Waals surface area contributed by atoms with Crippen LogP contribution in [0.2, 0.25) is 5.02 Å². The second kappa shape index (κ2) is 7.71. The minimum absolute atomic E-state index is 0.148. The molecule has 23 heavy (non-hydrogen) atoms. The SMILES string of the molecule is COC(=O)c1ccc(C(=O)NC(=S)Nc2cccc(Cl)c2)cc1. The third-order valence-electron chi connectivity index (χ3n) is 2.88. The maximum absolute atomic E-state index is 12.1. The summed E-state index contributed by atoms with van der Waals surface area (Å²) in [5.74, 6) is -0.851.